The summed E-state index contributed by atoms with van der Waals surface area (Å²) >= 11 is 0. The smallest absolute Gasteiger partial charge is 0.269 e. The minimum absolute atomic E-state index is 0.0988. The fourth-order valence-electron chi connectivity index (χ4n) is 4.82. The molecule has 3 heterocycles. The molecule has 2 aliphatic rings. The maximum atomic E-state index is 12.6. The van der Waals surface area contributed by atoms with Crippen molar-refractivity contribution in [2.75, 3.05) is 18.0 Å². The third-order valence-corrected chi connectivity index (χ3v) is 6.47. The maximum Gasteiger partial charge on any atom is 0.269 e. The molecule has 168 valence electrons. The van der Waals surface area contributed by atoms with Crippen LogP contribution in [0.1, 0.15) is 67.2 Å². The van der Waals surface area contributed by atoms with Gasteiger partial charge in [-0.1, -0.05) is 12.8 Å². The number of carbonyl (C=O) groups is 1. The monoisotopic (exact) mass is 428 g/mol. The number of anilines is 1. The van der Waals surface area contributed by atoms with Gasteiger partial charge in [0, 0.05) is 32.2 Å². The SMILES string of the molecule is Cc1cc(C(=O)NCC2CCCCN2c2ccc(=O)n(C3CCCCC3O)n2)n(C)n1. The Kier molecular flexibility index (Phi) is 6.41. The van der Waals surface area contributed by atoms with Gasteiger partial charge in [0.1, 0.15) is 11.5 Å². The highest BCUT2D eigenvalue weighted by Gasteiger charge is 2.29. The molecule has 2 aromatic heterocycles. The van der Waals surface area contributed by atoms with E-state index in [1.54, 1.807) is 29.9 Å². The van der Waals surface area contributed by atoms with E-state index in [-0.39, 0.29) is 23.6 Å². The molecule has 2 N–H and O–H groups in total. The molecular formula is C22H32N6O3. The van der Waals surface area contributed by atoms with Crippen LogP contribution < -0.4 is 15.8 Å². The number of hydrogen-bond acceptors (Lipinski definition) is 6. The highest BCUT2D eigenvalue weighted by Crippen LogP contribution is 2.28. The highest BCUT2D eigenvalue weighted by molar-refractivity contribution is 5.92. The summed E-state index contributed by atoms with van der Waals surface area (Å²) in [6, 6.07) is 4.92. The first-order valence-electron chi connectivity index (χ1n) is 11.3. The zero-order valence-electron chi connectivity index (χ0n) is 18.3. The normalized spacial score (nSPS) is 24.2. The summed E-state index contributed by atoms with van der Waals surface area (Å²) < 4.78 is 3.07. The van der Waals surface area contributed by atoms with Crippen LogP contribution in [0.5, 0.6) is 0 Å². The van der Waals surface area contributed by atoms with Gasteiger partial charge in [0.15, 0.2) is 0 Å². The number of hydrogen-bond donors (Lipinski definition) is 2. The van der Waals surface area contributed by atoms with Crippen molar-refractivity contribution in [1.82, 2.24) is 24.9 Å². The molecule has 2 fully saturated rings. The Morgan fingerprint density at radius 2 is 1.94 bits per heavy atom. The second-order valence-corrected chi connectivity index (χ2v) is 8.74. The molecule has 9 heteroatoms. The lowest BCUT2D eigenvalue weighted by Gasteiger charge is -2.37. The van der Waals surface area contributed by atoms with Gasteiger partial charge >= 0.3 is 0 Å². The number of carbonyl (C=O) groups excluding carboxylic acids is 1. The van der Waals surface area contributed by atoms with Gasteiger partial charge in [-0.05, 0) is 51.2 Å². The molecule has 2 aromatic rings. The molecule has 1 aliphatic carbocycles. The van der Waals surface area contributed by atoms with Gasteiger partial charge in [-0.25, -0.2) is 4.68 Å². The van der Waals surface area contributed by atoms with Crippen molar-refractivity contribution >= 4 is 11.7 Å². The van der Waals surface area contributed by atoms with Gasteiger partial charge in [-0.15, -0.1) is 0 Å². The van der Waals surface area contributed by atoms with Crippen LogP contribution >= 0.6 is 0 Å². The Bertz CT molecular complexity index is 984. The van der Waals surface area contributed by atoms with Crippen LogP contribution in [0.15, 0.2) is 23.0 Å². The lowest BCUT2D eigenvalue weighted by Crippen LogP contribution is -2.48. The lowest BCUT2D eigenvalue weighted by atomic mass is 9.93. The number of piperidine rings is 1. The fourth-order valence-corrected chi connectivity index (χ4v) is 4.82. The van der Waals surface area contributed by atoms with Gasteiger partial charge in [-0.2, -0.15) is 10.2 Å². The Morgan fingerprint density at radius 3 is 2.68 bits per heavy atom. The standard InChI is InChI=1S/C22H32N6O3/c1-15-13-18(26(2)24-15)22(31)23-14-16-7-5-6-12-27(16)20-10-11-21(30)28(25-20)17-8-3-4-9-19(17)29/h10-11,13,16-17,19,29H,3-9,12,14H2,1-2H3,(H,23,31). The van der Waals surface area contributed by atoms with Crippen LogP contribution in [0.3, 0.4) is 0 Å². The van der Waals surface area contributed by atoms with Gasteiger partial charge < -0.3 is 15.3 Å². The van der Waals surface area contributed by atoms with E-state index in [0.717, 1.165) is 56.6 Å². The van der Waals surface area contributed by atoms with E-state index in [4.69, 9.17) is 0 Å². The molecule has 1 aliphatic heterocycles. The molecule has 31 heavy (non-hydrogen) atoms. The predicted molar refractivity (Wildman–Crippen MR) is 117 cm³/mol. The molecule has 0 spiro atoms. The van der Waals surface area contributed by atoms with Crippen molar-refractivity contribution in [2.45, 2.75) is 70.1 Å². The number of aliphatic hydroxyl groups excluding tert-OH is 1. The lowest BCUT2D eigenvalue weighted by molar-refractivity contribution is 0.0669. The van der Waals surface area contributed by atoms with Gasteiger partial charge in [0.05, 0.1) is 17.8 Å². The van der Waals surface area contributed by atoms with Crippen LogP contribution in [-0.4, -0.2) is 55.8 Å². The van der Waals surface area contributed by atoms with Gasteiger partial charge in [0.2, 0.25) is 0 Å². The van der Waals surface area contributed by atoms with Crippen LogP contribution in [0.4, 0.5) is 5.82 Å². The fraction of sp³-hybridized carbons (Fsp3) is 0.636. The van der Waals surface area contributed by atoms with Crippen molar-refractivity contribution in [2.24, 2.45) is 7.05 Å². The van der Waals surface area contributed by atoms with Crippen molar-refractivity contribution in [3.05, 3.63) is 39.9 Å². The van der Waals surface area contributed by atoms with Crippen molar-refractivity contribution in [1.29, 1.82) is 0 Å². The summed E-state index contributed by atoms with van der Waals surface area (Å²) in [6.07, 6.45) is 5.98. The zero-order chi connectivity index (χ0) is 22.0. The Hall–Kier alpha value is -2.68. The molecule has 3 unspecified atom stereocenters. The van der Waals surface area contributed by atoms with E-state index in [1.807, 2.05) is 6.92 Å². The largest absolute Gasteiger partial charge is 0.391 e. The Balaban J connectivity index is 1.50. The van der Waals surface area contributed by atoms with Crippen LogP contribution in [0.2, 0.25) is 0 Å². The van der Waals surface area contributed by atoms with E-state index in [2.05, 4.69) is 20.4 Å². The molecule has 0 aromatic carbocycles. The van der Waals surface area contributed by atoms with Gasteiger partial charge in [0.25, 0.3) is 11.5 Å². The number of rotatable bonds is 5. The first kappa shape index (κ1) is 21.5. The topological polar surface area (TPSA) is 105 Å². The quantitative estimate of drug-likeness (QED) is 0.749. The highest BCUT2D eigenvalue weighted by atomic mass is 16.3. The molecule has 0 radical (unpaired) electrons. The molecule has 1 saturated carbocycles. The molecule has 4 rings (SSSR count). The first-order chi connectivity index (χ1) is 14.9. The number of aryl methyl sites for hydroxylation is 2. The van der Waals surface area contributed by atoms with Gasteiger partial charge in [-0.3, -0.25) is 14.3 Å². The van der Waals surface area contributed by atoms with E-state index in [1.165, 1.54) is 4.68 Å². The molecule has 3 atom stereocenters. The molecule has 1 amide bonds. The van der Waals surface area contributed by atoms with Crippen molar-refractivity contribution < 1.29 is 9.90 Å². The maximum absolute atomic E-state index is 12.6. The average molecular weight is 429 g/mol. The summed E-state index contributed by atoms with van der Waals surface area (Å²) in [6.45, 7) is 3.18. The zero-order valence-corrected chi connectivity index (χ0v) is 18.3. The van der Waals surface area contributed by atoms with Crippen LogP contribution in [-0.2, 0) is 7.05 Å². The minimum Gasteiger partial charge on any atom is -0.391 e. The number of nitrogens with zero attached hydrogens (tertiary/aromatic N) is 5. The van der Waals surface area contributed by atoms with E-state index in [0.29, 0.717) is 18.7 Å². The summed E-state index contributed by atoms with van der Waals surface area (Å²) in [5.41, 5.74) is 1.17. The Labute approximate surface area is 182 Å². The van der Waals surface area contributed by atoms with Crippen molar-refractivity contribution in [3.63, 3.8) is 0 Å². The van der Waals surface area contributed by atoms with E-state index in [9.17, 15) is 14.7 Å². The van der Waals surface area contributed by atoms with Crippen LogP contribution in [0, 0.1) is 6.92 Å². The third-order valence-electron chi connectivity index (χ3n) is 6.47. The number of aromatic nitrogens is 4. The second-order valence-electron chi connectivity index (χ2n) is 8.74. The number of nitrogens with one attached hydrogen (secondary N) is 1. The number of amides is 1. The van der Waals surface area contributed by atoms with Crippen molar-refractivity contribution in [3.8, 4) is 0 Å². The summed E-state index contributed by atoms with van der Waals surface area (Å²) in [5.74, 6) is 0.588. The summed E-state index contributed by atoms with van der Waals surface area (Å²) in [5, 5.41) is 22.4. The number of aliphatic hydroxyl groups is 1. The molecule has 9 nitrogen and oxygen atoms in total. The minimum atomic E-state index is -0.534. The second kappa shape index (κ2) is 9.21. The average Bonchev–Trinajstić information content (AvgIpc) is 3.11. The molecule has 0 bridgehead atoms. The summed E-state index contributed by atoms with van der Waals surface area (Å²) in [4.78, 5) is 27.3. The van der Waals surface area contributed by atoms with E-state index >= 15 is 0 Å². The van der Waals surface area contributed by atoms with E-state index < -0.39 is 6.10 Å². The predicted octanol–water partition coefficient (Wildman–Crippen LogP) is 1.55. The summed E-state index contributed by atoms with van der Waals surface area (Å²) in [7, 11) is 1.77. The molecular weight excluding hydrogens is 396 g/mol. The first-order valence-corrected chi connectivity index (χ1v) is 11.3. The molecule has 1 saturated heterocycles. The van der Waals surface area contributed by atoms with Crippen LogP contribution in [0.25, 0.3) is 0 Å². The Morgan fingerprint density at radius 1 is 1.16 bits per heavy atom. The third kappa shape index (κ3) is 4.66.